The predicted molar refractivity (Wildman–Crippen MR) is 134 cm³/mol. The van der Waals surface area contributed by atoms with Crippen LogP contribution in [0.3, 0.4) is 0 Å². The molecule has 1 aliphatic heterocycles. The van der Waals surface area contributed by atoms with Gasteiger partial charge in [-0.05, 0) is 93.4 Å². The summed E-state index contributed by atoms with van der Waals surface area (Å²) in [5.41, 5.74) is 4.05. The van der Waals surface area contributed by atoms with E-state index in [0.29, 0.717) is 23.6 Å². The number of imide groups is 2. The molecule has 3 aromatic rings. The summed E-state index contributed by atoms with van der Waals surface area (Å²) in [6, 6.07) is 12.3. The maximum Gasteiger partial charge on any atom is 0.335 e. The number of carbonyl (C=O) groups excluding carboxylic acids is 3. The Bertz CT molecular complexity index is 1430. The molecule has 0 unspecified atom stereocenters. The number of carboxylic acid groups (broad SMARTS) is 1. The van der Waals surface area contributed by atoms with Crippen LogP contribution in [0.2, 0.25) is 0 Å². The molecule has 1 saturated heterocycles. The van der Waals surface area contributed by atoms with Crippen LogP contribution in [-0.2, 0) is 9.59 Å². The lowest BCUT2D eigenvalue weighted by Crippen LogP contribution is -2.54. The Morgan fingerprint density at radius 1 is 1.03 bits per heavy atom. The number of benzene rings is 2. The summed E-state index contributed by atoms with van der Waals surface area (Å²) in [6.07, 6.45) is 1.46. The standard InChI is InChI=1S/C27H25N3O6/c1-5-36-21-9-7-20(8-10-21)30-25(32)22(24(31)28-27(30)35)14-19-13-16(3)29(17(19)4)23-11-6-18(26(33)34)12-15(23)2/h6-14H,5H2,1-4H3,(H,33,34)(H,28,31,35)/b22-14+. The fraction of sp³-hybridized carbons (Fsp3) is 0.185. The molecule has 0 aliphatic carbocycles. The summed E-state index contributed by atoms with van der Waals surface area (Å²) in [7, 11) is 0. The van der Waals surface area contributed by atoms with Gasteiger partial charge in [-0.1, -0.05) is 0 Å². The number of nitrogens with zero attached hydrogens (tertiary/aromatic N) is 2. The van der Waals surface area contributed by atoms with Gasteiger partial charge >= 0.3 is 12.0 Å². The van der Waals surface area contributed by atoms with Crippen LogP contribution < -0.4 is 15.0 Å². The molecule has 2 aromatic carbocycles. The number of carbonyl (C=O) groups is 4. The molecule has 4 rings (SSSR count). The zero-order valence-electron chi connectivity index (χ0n) is 20.3. The molecule has 0 spiro atoms. The normalized spacial score (nSPS) is 14.8. The zero-order chi connectivity index (χ0) is 26.1. The van der Waals surface area contributed by atoms with Crippen molar-refractivity contribution in [3.8, 4) is 11.4 Å². The van der Waals surface area contributed by atoms with Crippen LogP contribution in [-0.4, -0.2) is 40.1 Å². The first-order chi connectivity index (χ1) is 17.1. The van der Waals surface area contributed by atoms with E-state index in [1.807, 2.05) is 38.3 Å². The van der Waals surface area contributed by atoms with E-state index in [4.69, 9.17) is 4.74 Å². The van der Waals surface area contributed by atoms with Crippen LogP contribution in [0.4, 0.5) is 10.5 Å². The first-order valence-corrected chi connectivity index (χ1v) is 11.3. The van der Waals surface area contributed by atoms with E-state index in [9.17, 15) is 24.3 Å². The first kappa shape index (κ1) is 24.5. The summed E-state index contributed by atoms with van der Waals surface area (Å²) in [4.78, 5) is 50.6. The van der Waals surface area contributed by atoms with E-state index < -0.39 is 23.8 Å². The number of aromatic nitrogens is 1. The third-order valence-corrected chi connectivity index (χ3v) is 5.96. The number of aromatic carboxylic acids is 1. The minimum atomic E-state index is -1.01. The molecule has 1 fully saturated rings. The lowest BCUT2D eigenvalue weighted by atomic mass is 10.1. The molecule has 0 atom stereocenters. The molecule has 2 N–H and O–H groups in total. The van der Waals surface area contributed by atoms with Crippen molar-refractivity contribution in [3.63, 3.8) is 0 Å². The van der Waals surface area contributed by atoms with Crippen LogP contribution >= 0.6 is 0 Å². The van der Waals surface area contributed by atoms with Gasteiger partial charge in [-0.2, -0.15) is 0 Å². The van der Waals surface area contributed by atoms with Crippen molar-refractivity contribution in [2.45, 2.75) is 27.7 Å². The minimum Gasteiger partial charge on any atom is -0.494 e. The Hall–Kier alpha value is -4.66. The first-order valence-electron chi connectivity index (χ1n) is 11.3. The van der Waals surface area contributed by atoms with Gasteiger partial charge in [0.15, 0.2) is 0 Å². The molecule has 9 heteroatoms. The van der Waals surface area contributed by atoms with Crippen molar-refractivity contribution in [2.24, 2.45) is 0 Å². The van der Waals surface area contributed by atoms with E-state index in [1.165, 1.54) is 12.1 Å². The largest absolute Gasteiger partial charge is 0.494 e. The van der Waals surface area contributed by atoms with E-state index >= 15 is 0 Å². The van der Waals surface area contributed by atoms with Crippen molar-refractivity contribution < 1.29 is 29.0 Å². The summed E-state index contributed by atoms with van der Waals surface area (Å²) >= 11 is 0. The van der Waals surface area contributed by atoms with E-state index in [1.54, 1.807) is 36.4 Å². The van der Waals surface area contributed by atoms with Crippen LogP contribution in [0, 0.1) is 20.8 Å². The van der Waals surface area contributed by atoms with Crippen molar-refractivity contribution in [2.75, 3.05) is 11.5 Å². The average molecular weight is 488 g/mol. The Kier molecular flexibility index (Phi) is 6.48. The van der Waals surface area contributed by atoms with Crippen molar-refractivity contribution >= 4 is 35.6 Å². The van der Waals surface area contributed by atoms with Gasteiger partial charge in [0.25, 0.3) is 11.8 Å². The lowest BCUT2D eigenvalue weighted by molar-refractivity contribution is -0.122. The molecule has 0 radical (unpaired) electrons. The number of rotatable bonds is 6. The SMILES string of the molecule is CCOc1ccc(N2C(=O)NC(=O)/C(=C\c3cc(C)n(-c4ccc(C(=O)O)cc4C)c3C)C2=O)cc1. The topological polar surface area (TPSA) is 118 Å². The molecule has 36 heavy (non-hydrogen) atoms. The van der Waals surface area contributed by atoms with Crippen LogP contribution in [0.15, 0.2) is 54.1 Å². The number of amides is 4. The fourth-order valence-electron chi connectivity index (χ4n) is 4.25. The number of aryl methyl sites for hydroxylation is 2. The highest BCUT2D eigenvalue weighted by molar-refractivity contribution is 6.39. The van der Waals surface area contributed by atoms with Gasteiger partial charge in [0.2, 0.25) is 0 Å². The smallest absolute Gasteiger partial charge is 0.335 e. The predicted octanol–water partition coefficient (Wildman–Crippen LogP) is 4.17. The Labute approximate surface area is 207 Å². The average Bonchev–Trinajstić information content (AvgIpc) is 3.10. The summed E-state index contributed by atoms with van der Waals surface area (Å²) in [5.74, 6) is -1.93. The van der Waals surface area contributed by atoms with E-state index in [2.05, 4.69) is 5.32 Å². The molecular formula is C27H25N3O6. The van der Waals surface area contributed by atoms with Crippen LogP contribution in [0.5, 0.6) is 5.75 Å². The molecule has 0 bridgehead atoms. The van der Waals surface area contributed by atoms with Crippen molar-refractivity contribution in [3.05, 3.63) is 82.2 Å². The highest BCUT2D eigenvalue weighted by Gasteiger charge is 2.37. The number of barbiturate groups is 1. The van der Waals surface area contributed by atoms with Crippen molar-refractivity contribution in [1.82, 2.24) is 9.88 Å². The van der Waals surface area contributed by atoms with E-state index in [-0.39, 0.29) is 11.1 Å². The van der Waals surface area contributed by atoms with Crippen molar-refractivity contribution in [1.29, 1.82) is 0 Å². The summed E-state index contributed by atoms with van der Waals surface area (Å²) < 4.78 is 7.33. The minimum absolute atomic E-state index is 0.179. The number of hydrogen-bond donors (Lipinski definition) is 2. The van der Waals surface area contributed by atoms with E-state index in [0.717, 1.165) is 27.5 Å². The molecule has 1 aliphatic rings. The highest BCUT2D eigenvalue weighted by Crippen LogP contribution is 2.28. The van der Waals surface area contributed by atoms with Crippen LogP contribution in [0.1, 0.15) is 39.8 Å². The molecule has 2 heterocycles. The molecule has 4 amide bonds. The number of nitrogens with one attached hydrogen (secondary N) is 1. The van der Waals surface area contributed by atoms with Gasteiger partial charge in [-0.25, -0.2) is 14.5 Å². The Balaban J connectivity index is 1.72. The van der Waals surface area contributed by atoms with Gasteiger partial charge in [-0.15, -0.1) is 0 Å². The van der Waals surface area contributed by atoms with Gasteiger partial charge in [0.05, 0.1) is 17.9 Å². The number of carboxylic acids is 1. The number of anilines is 1. The lowest BCUT2D eigenvalue weighted by Gasteiger charge is -2.26. The highest BCUT2D eigenvalue weighted by atomic mass is 16.5. The second-order valence-corrected chi connectivity index (χ2v) is 8.35. The zero-order valence-corrected chi connectivity index (χ0v) is 20.3. The van der Waals surface area contributed by atoms with Gasteiger partial charge < -0.3 is 14.4 Å². The maximum atomic E-state index is 13.3. The quantitative estimate of drug-likeness (QED) is 0.398. The second-order valence-electron chi connectivity index (χ2n) is 8.35. The summed E-state index contributed by atoms with van der Waals surface area (Å²) in [6.45, 7) is 7.85. The Morgan fingerprint density at radius 3 is 2.33 bits per heavy atom. The summed E-state index contributed by atoms with van der Waals surface area (Å²) in [5, 5.41) is 11.5. The third-order valence-electron chi connectivity index (χ3n) is 5.96. The molecular weight excluding hydrogens is 462 g/mol. The third kappa shape index (κ3) is 4.38. The second kappa shape index (κ2) is 9.53. The molecule has 0 saturated carbocycles. The van der Waals surface area contributed by atoms with Crippen LogP contribution in [0.25, 0.3) is 11.8 Å². The van der Waals surface area contributed by atoms with Gasteiger partial charge in [0, 0.05) is 17.1 Å². The monoisotopic (exact) mass is 487 g/mol. The maximum absolute atomic E-state index is 13.3. The number of ether oxygens (including phenoxy) is 1. The Morgan fingerprint density at radius 2 is 1.72 bits per heavy atom. The molecule has 9 nitrogen and oxygen atoms in total. The molecule has 1 aromatic heterocycles. The number of urea groups is 1. The fourth-order valence-corrected chi connectivity index (χ4v) is 4.25. The van der Waals surface area contributed by atoms with Gasteiger partial charge in [-0.3, -0.25) is 14.9 Å². The molecule has 184 valence electrons. The number of hydrogen-bond acceptors (Lipinski definition) is 5. The van der Waals surface area contributed by atoms with Gasteiger partial charge in [0.1, 0.15) is 11.3 Å².